The lowest BCUT2D eigenvalue weighted by Crippen LogP contribution is -2.30. The van der Waals surface area contributed by atoms with Gasteiger partial charge in [0.1, 0.15) is 5.52 Å². The third-order valence-electron chi connectivity index (χ3n) is 6.72. The largest absolute Gasteiger partial charge is 0.475 e. The first kappa shape index (κ1) is 27.3. The third-order valence-corrected chi connectivity index (χ3v) is 6.72. The molecule has 38 heavy (non-hydrogen) atoms. The highest BCUT2D eigenvalue weighted by molar-refractivity contribution is 5.96. The molecule has 1 saturated carbocycles. The summed E-state index contributed by atoms with van der Waals surface area (Å²) in [5.41, 5.74) is 0.220. The topological polar surface area (TPSA) is 113 Å². The van der Waals surface area contributed by atoms with E-state index in [2.05, 4.69) is 20.3 Å². The van der Waals surface area contributed by atoms with Gasteiger partial charge in [-0.05, 0) is 36.0 Å². The van der Waals surface area contributed by atoms with Gasteiger partial charge in [-0.2, -0.15) is 18.2 Å². The second kappa shape index (κ2) is 11.0. The molecule has 1 aliphatic carbocycles. The number of carboxylic acid groups (broad SMARTS) is 1. The summed E-state index contributed by atoms with van der Waals surface area (Å²) in [5.74, 6) is -0.838. The number of carbonyl (C=O) groups is 2. The van der Waals surface area contributed by atoms with Crippen LogP contribution in [0, 0.1) is 11.8 Å². The fourth-order valence-electron chi connectivity index (χ4n) is 4.40. The van der Waals surface area contributed by atoms with Crippen LogP contribution in [-0.2, 0) is 17.5 Å². The Morgan fingerprint density at radius 3 is 2.39 bits per heavy atom. The molecule has 0 radical (unpaired) electrons. The number of carboxylic acids is 1. The number of rotatable bonds is 10. The second-order valence-electron chi connectivity index (χ2n) is 10.1. The minimum atomic E-state index is -4.46. The lowest BCUT2D eigenvalue weighted by Gasteiger charge is -2.25. The van der Waals surface area contributed by atoms with Gasteiger partial charge in [-0.25, -0.2) is 14.8 Å². The second-order valence-corrected chi connectivity index (χ2v) is 10.1. The molecule has 0 spiro atoms. The van der Waals surface area contributed by atoms with E-state index in [0.717, 1.165) is 31.4 Å². The number of amides is 1. The number of benzene rings is 1. The molecule has 1 fully saturated rings. The number of alkyl halides is 3. The van der Waals surface area contributed by atoms with Crippen LogP contribution in [0.15, 0.2) is 24.3 Å². The molecule has 2 aromatic heterocycles. The average Bonchev–Trinajstić information content (AvgIpc) is 3.17. The SMILES string of the molecule is CC(C)CC(=O)N(C)c1nc2nc(C(=O)O)nc(NCCC3CCC3)c2n1Cc1ccc(C(F)(F)F)cc1. The predicted octanol–water partition coefficient (Wildman–Crippen LogP) is 5.20. The lowest BCUT2D eigenvalue weighted by molar-refractivity contribution is -0.137. The number of halogens is 3. The zero-order valence-corrected chi connectivity index (χ0v) is 21.5. The molecule has 2 N–H and O–H groups in total. The highest BCUT2D eigenvalue weighted by Gasteiger charge is 2.30. The average molecular weight is 533 g/mol. The molecule has 204 valence electrons. The summed E-state index contributed by atoms with van der Waals surface area (Å²) in [6.07, 6.45) is 0.179. The number of imidazole rings is 1. The summed E-state index contributed by atoms with van der Waals surface area (Å²) in [7, 11) is 1.56. The van der Waals surface area contributed by atoms with Gasteiger partial charge < -0.3 is 15.0 Å². The molecule has 1 aliphatic rings. The fourth-order valence-corrected chi connectivity index (χ4v) is 4.40. The number of nitrogens with zero attached hydrogens (tertiary/aromatic N) is 5. The number of anilines is 2. The Labute approximate surface area is 218 Å². The standard InChI is InChI=1S/C26H31F3N6O3/c1-15(2)13-19(36)34(3)25-33-22-20(35(25)14-17-7-9-18(10-8-17)26(27,28)29)21(31-23(32-22)24(37)38)30-12-11-16-5-4-6-16/h7-10,15-16H,4-6,11-14H2,1-3H3,(H,37,38)(H,30,31,32). The summed E-state index contributed by atoms with van der Waals surface area (Å²) in [4.78, 5) is 38.9. The first-order valence-corrected chi connectivity index (χ1v) is 12.6. The van der Waals surface area contributed by atoms with Gasteiger partial charge in [0, 0.05) is 20.0 Å². The maximum Gasteiger partial charge on any atom is 0.416 e. The number of aromatic carboxylic acids is 1. The normalized spacial score (nSPS) is 14.1. The van der Waals surface area contributed by atoms with Crippen LogP contribution in [0.1, 0.15) is 67.7 Å². The maximum absolute atomic E-state index is 13.1. The van der Waals surface area contributed by atoms with Crippen LogP contribution in [0.4, 0.5) is 24.9 Å². The molecule has 3 aromatic rings. The monoisotopic (exact) mass is 532 g/mol. The van der Waals surface area contributed by atoms with Crippen molar-refractivity contribution in [3.8, 4) is 0 Å². The van der Waals surface area contributed by atoms with Gasteiger partial charge in [0.05, 0.1) is 12.1 Å². The summed E-state index contributed by atoms with van der Waals surface area (Å²) < 4.78 is 40.9. The molecule has 2 heterocycles. The molecule has 4 rings (SSSR count). The van der Waals surface area contributed by atoms with Crippen LogP contribution < -0.4 is 10.2 Å². The third kappa shape index (κ3) is 6.05. The maximum atomic E-state index is 13.1. The zero-order valence-electron chi connectivity index (χ0n) is 21.5. The summed E-state index contributed by atoms with van der Waals surface area (Å²) in [6.45, 7) is 4.44. The van der Waals surface area contributed by atoms with Crippen molar-refractivity contribution in [3.05, 3.63) is 41.2 Å². The highest BCUT2D eigenvalue weighted by Crippen LogP contribution is 2.32. The first-order valence-electron chi connectivity index (χ1n) is 12.6. The van der Waals surface area contributed by atoms with Gasteiger partial charge in [-0.15, -0.1) is 0 Å². The fraction of sp³-hybridized carbons (Fsp3) is 0.500. The van der Waals surface area contributed by atoms with Crippen LogP contribution >= 0.6 is 0 Å². The molecule has 0 unspecified atom stereocenters. The van der Waals surface area contributed by atoms with Crippen LogP contribution in [0.25, 0.3) is 11.2 Å². The van der Waals surface area contributed by atoms with E-state index in [-0.39, 0.29) is 42.2 Å². The van der Waals surface area contributed by atoms with E-state index >= 15 is 0 Å². The van der Waals surface area contributed by atoms with Crippen molar-refractivity contribution in [1.82, 2.24) is 19.5 Å². The molecular weight excluding hydrogens is 501 g/mol. The number of carbonyl (C=O) groups excluding carboxylic acids is 1. The summed E-state index contributed by atoms with van der Waals surface area (Å²) in [5, 5.41) is 12.8. The smallest absolute Gasteiger partial charge is 0.416 e. The van der Waals surface area contributed by atoms with E-state index in [1.54, 1.807) is 11.6 Å². The van der Waals surface area contributed by atoms with E-state index in [9.17, 15) is 27.9 Å². The van der Waals surface area contributed by atoms with Crippen LogP contribution in [0.3, 0.4) is 0 Å². The van der Waals surface area contributed by atoms with Crippen molar-refractivity contribution < 1.29 is 27.9 Å². The molecule has 1 aromatic carbocycles. The predicted molar refractivity (Wildman–Crippen MR) is 136 cm³/mol. The van der Waals surface area contributed by atoms with Gasteiger partial charge in [-0.1, -0.05) is 45.2 Å². The number of fused-ring (bicyclic) bond motifs is 1. The Hall–Kier alpha value is -3.70. The Kier molecular flexibility index (Phi) is 7.89. The Balaban J connectivity index is 1.80. The minimum Gasteiger partial charge on any atom is -0.475 e. The first-order chi connectivity index (χ1) is 17.9. The molecule has 0 saturated heterocycles. The number of hydrogen-bond acceptors (Lipinski definition) is 6. The zero-order chi connectivity index (χ0) is 27.6. The number of aromatic nitrogens is 4. The molecule has 0 aliphatic heterocycles. The molecular formula is C26H31F3N6O3. The quantitative estimate of drug-likeness (QED) is 0.369. The summed E-state index contributed by atoms with van der Waals surface area (Å²) >= 11 is 0. The van der Waals surface area contributed by atoms with Crippen molar-refractivity contribution in [2.45, 2.75) is 58.7 Å². The van der Waals surface area contributed by atoms with Crippen molar-refractivity contribution >= 4 is 34.8 Å². The van der Waals surface area contributed by atoms with Crippen molar-refractivity contribution in [2.24, 2.45) is 11.8 Å². The highest BCUT2D eigenvalue weighted by atomic mass is 19.4. The molecule has 0 bridgehead atoms. The Morgan fingerprint density at radius 2 is 1.84 bits per heavy atom. The van der Waals surface area contributed by atoms with Crippen molar-refractivity contribution in [1.29, 1.82) is 0 Å². The number of nitrogens with one attached hydrogen (secondary N) is 1. The van der Waals surface area contributed by atoms with E-state index < -0.39 is 23.5 Å². The van der Waals surface area contributed by atoms with E-state index in [4.69, 9.17) is 0 Å². The minimum absolute atomic E-state index is 0.0658. The van der Waals surface area contributed by atoms with Gasteiger partial charge in [0.2, 0.25) is 17.7 Å². The molecule has 0 atom stereocenters. The van der Waals surface area contributed by atoms with Crippen LogP contribution in [0.5, 0.6) is 0 Å². The van der Waals surface area contributed by atoms with Crippen LogP contribution in [0.2, 0.25) is 0 Å². The Morgan fingerprint density at radius 1 is 1.16 bits per heavy atom. The Bertz CT molecular complexity index is 1320. The summed E-state index contributed by atoms with van der Waals surface area (Å²) in [6, 6.07) is 4.73. The van der Waals surface area contributed by atoms with Gasteiger partial charge in [0.25, 0.3) is 0 Å². The van der Waals surface area contributed by atoms with Gasteiger partial charge >= 0.3 is 12.1 Å². The van der Waals surface area contributed by atoms with Crippen molar-refractivity contribution in [3.63, 3.8) is 0 Å². The van der Waals surface area contributed by atoms with Gasteiger partial charge in [-0.3, -0.25) is 9.69 Å². The van der Waals surface area contributed by atoms with E-state index in [0.29, 0.717) is 23.5 Å². The molecule has 9 nitrogen and oxygen atoms in total. The lowest BCUT2D eigenvalue weighted by atomic mass is 9.83. The van der Waals surface area contributed by atoms with Crippen molar-refractivity contribution in [2.75, 3.05) is 23.8 Å². The van der Waals surface area contributed by atoms with Gasteiger partial charge in [0.15, 0.2) is 11.5 Å². The number of hydrogen-bond donors (Lipinski definition) is 2. The van der Waals surface area contributed by atoms with E-state index in [1.807, 2.05) is 13.8 Å². The van der Waals surface area contributed by atoms with Crippen LogP contribution in [-0.4, -0.2) is 50.1 Å². The van der Waals surface area contributed by atoms with E-state index in [1.165, 1.54) is 23.5 Å². The molecule has 12 heteroatoms. The molecule has 1 amide bonds.